The lowest BCUT2D eigenvalue weighted by molar-refractivity contribution is 0.0932. The van der Waals surface area contributed by atoms with E-state index in [1.807, 2.05) is 6.92 Å². The largest absolute Gasteiger partial charge is 0.352 e. The van der Waals surface area contributed by atoms with Gasteiger partial charge in [-0.25, -0.2) is 4.39 Å². The Morgan fingerprint density at radius 2 is 2.10 bits per heavy atom. The molecule has 3 nitrogen and oxygen atoms in total. The number of hydrogen-bond acceptors (Lipinski definition) is 2. The van der Waals surface area contributed by atoms with Crippen LogP contribution in [0, 0.1) is 18.7 Å². The van der Waals surface area contributed by atoms with Gasteiger partial charge in [-0.05, 0) is 57.5 Å². The maximum Gasteiger partial charge on any atom is 0.254 e. The van der Waals surface area contributed by atoms with E-state index in [1.54, 1.807) is 12.1 Å². The van der Waals surface area contributed by atoms with Gasteiger partial charge in [-0.15, -0.1) is 0 Å². The molecule has 1 aliphatic heterocycles. The number of nitrogens with one attached hydrogen (secondary N) is 1. The SMILES string of the molecule is CCN1CCC(CNC(=O)c2cc(C)ccc2F)CC1. The molecule has 0 saturated carbocycles. The minimum Gasteiger partial charge on any atom is -0.352 e. The fourth-order valence-corrected chi connectivity index (χ4v) is 2.65. The Hall–Kier alpha value is -1.42. The maximum absolute atomic E-state index is 13.6. The maximum atomic E-state index is 13.6. The Morgan fingerprint density at radius 1 is 1.40 bits per heavy atom. The second kappa shape index (κ2) is 6.84. The number of nitrogens with zero attached hydrogens (tertiary/aromatic N) is 1. The quantitative estimate of drug-likeness (QED) is 0.918. The molecule has 0 bridgehead atoms. The second-order valence-corrected chi connectivity index (χ2v) is 5.57. The molecule has 110 valence electrons. The van der Waals surface area contributed by atoms with Crippen molar-refractivity contribution in [2.45, 2.75) is 26.7 Å². The van der Waals surface area contributed by atoms with Crippen LogP contribution in [-0.2, 0) is 0 Å². The van der Waals surface area contributed by atoms with E-state index in [4.69, 9.17) is 0 Å². The van der Waals surface area contributed by atoms with Crippen LogP contribution in [0.25, 0.3) is 0 Å². The second-order valence-electron chi connectivity index (χ2n) is 5.57. The molecule has 0 aliphatic carbocycles. The number of benzene rings is 1. The molecule has 1 heterocycles. The molecule has 0 spiro atoms. The van der Waals surface area contributed by atoms with Gasteiger partial charge in [0.05, 0.1) is 5.56 Å². The van der Waals surface area contributed by atoms with Crippen molar-refractivity contribution in [3.63, 3.8) is 0 Å². The van der Waals surface area contributed by atoms with Gasteiger partial charge in [-0.2, -0.15) is 0 Å². The van der Waals surface area contributed by atoms with Crippen molar-refractivity contribution < 1.29 is 9.18 Å². The first kappa shape index (κ1) is 15.0. The van der Waals surface area contributed by atoms with Crippen LogP contribution < -0.4 is 5.32 Å². The molecule has 1 fully saturated rings. The fraction of sp³-hybridized carbons (Fsp3) is 0.562. The third-order valence-corrected chi connectivity index (χ3v) is 4.07. The van der Waals surface area contributed by atoms with E-state index in [2.05, 4.69) is 17.1 Å². The first-order valence-corrected chi connectivity index (χ1v) is 7.37. The van der Waals surface area contributed by atoms with Crippen molar-refractivity contribution in [1.29, 1.82) is 0 Å². The lowest BCUT2D eigenvalue weighted by atomic mass is 9.96. The zero-order valence-electron chi connectivity index (χ0n) is 12.3. The Bertz CT molecular complexity index is 468. The lowest BCUT2D eigenvalue weighted by Crippen LogP contribution is -2.38. The molecule has 1 aromatic rings. The summed E-state index contributed by atoms with van der Waals surface area (Å²) in [6, 6.07) is 4.63. The van der Waals surface area contributed by atoms with Crippen molar-refractivity contribution in [2.75, 3.05) is 26.2 Å². The van der Waals surface area contributed by atoms with Gasteiger partial charge in [0.1, 0.15) is 5.82 Å². The Balaban J connectivity index is 1.85. The van der Waals surface area contributed by atoms with E-state index >= 15 is 0 Å². The van der Waals surface area contributed by atoms with Crippen molar-refractivity contribution in [3.05, 3.63) is 35.1 Å². The smallest absolute Gasteiger partial charge is 0.254 e. The summed E-state index contributed by atoms with van der Waals surface area (Å²) in [6.07, 6.45) is 2.20. The highest BCUT2D eigenvalue weighted by Gasteiger charge is 2.19. The molecule has 1 aliphatic rings. The highest BCUT2D eigenvalue weighted by atomic mass is 19.1. The minimum atomic E-state index is -0.450. The predicted molar refractivity (Wildman–Crippen MR) is 78.3 cm³/mol. The average Bonchev–Trinajstić information content (AvgIpc) is 2.47. The van der Waals surface area contributed by atoms with E-state index in [0.29, 0.717) is 12.5 Å². The Labute approximate surface area is 120 Å². The number of carbonyl (C=O) groups excluding carboxylic acids is 1. The molecule has 20 heavy (non-hydrogen) atoms. The molecule has 1 saturated heterocycles. The van der Waals surface area contributed by atoms with Crippen LogP contribution in [0.15, 0.2) is 18.2 Å². The molecule has 2 rings (SSSR count). The first-order chi connectivity index (χ1) is 9.60. The zero-order valence-corrected chi connectivity index (χ0v) is 12.3. The van der Waals surface area contributed by atoms with E-state index in [9.17, 15) is 9.18 Å². The summed E-state index contributed by atoms with van der Waals surface area (Å²) in [4.78, 5) is 14.4. The van der Waals surface area contributed by atoms with Gasteiger partial charge in [0.2, 0.25) is 0 Å². The van der Waals surface area contributed by atoms with Gasteiger partial charge in [-0.3, -0.25) is 4.79 Å². The molecule has 0 aromatic heterocycles. The molecular weight excluding hydrogens is 255 g/mol. The highest BCUT2D eigenvalue weighted by Crippen LogP contribution is 2.16. The van der Waals surface area contributed by atoms with E-state index in [0.717, 1.165) is 38.0 Å². The zero-order chi connectivity index (χ0) is 14.5. The number of halogens is 1. The standard InChI is InChI=1S/C16H23FN2O/c1-3-19-8-6-13(7-9-19)11-18-16(20)14-10-12(2)4-5-15(14)17/h4-5,10,13H,3,6-9,11H2,1-2H3,(H,18,20). The van der Waals surface area contributed by atoms with Crippen LogP contribution in [0.3, 0.4) is 0 Å². The van der Waals surface area contributed by atoms with Crippen LogP contribution in [0.2, 0.25) is 0 Å². The van der Waals surface area contributed by atoms with Crippen molar-refractivity contribution in [2.24, 2.45) is 5.92 Å². The molecule has 0 unspecified atom stereocenters. The number of rotatable bonds is 4. The van der Waals surface area contributed by atoms with Gasteiger partial charge < -0.3 is 10.2 Å². The third kappa shape index (κ3) is 3.79. The minimum absolute atomic E-state index is 0.149. The fourth-order valence-electron chi connectivity index (χ4n) is 2.65. The van der Waals surface area contributed by atoms with Gasteiger partial charge in [0, 0.05) is 6.54 Å². The van der Waals surface area contributed by atoms with Crippen LogP contribution in [0.1, 0.15) is 35.7 Å². The summed E-state index contributed by atoms with van der Waals surface area (Å²) >= 11 is 0. The van der Waals surface area contributed by atoms with Crippen molar-refractivity contribution in [3.8, 4) is 0 Å². The van der Waals surface area contributed by atoms with Gasteiger partial charge >= 0.3 is 0 Å². The summed E-state index contributed by atoms with van der Waals surface area (Å²) in [6.45, 7) is 7.95. The molecule has 4 heteroatoms. The van der Waals surface area contributed by atoms with Crippen LogP contribution in [0.5, 0.6) is 0 Å². The van der Waals surface area contributed by atoms with Crippen molar-refractivity contribution in [1.82, 2.24) is 10.2 Å². The molecule has 0 atom stereocenters. The number of likely N-dealkylation sites (tertiary alicyclic amines) is 1. The number of carbonyl (C=O) groups is 1. The topological polar surface area (TPSA) is 32.3 Å². The number of piperidine rings is 1. The van der Waals surface area contributed by atoms with Gasteiger partial charge in [-0.1, -0.05) is 18.6 Å². The lowest BCUT2D eigenvalue weighted by Gasteiger charge is -2.31. The van der Waals surface area contributed by atoms with Gasteiger partial charge in [0.25, 0.3) is 5.91 Å². The number of aryl methyl sites for hydroxylation is 1. The molecular formula is C16H23FN2O. The van der Waals surface area contributed by atoms with Crippen LogP contribution in [0.4, 0.5) is 4.39 Å². The Morgan fingerprint density at radius 3 is 2.75 bits per heavy atom. The first-order valence-electron chi connectivity index (χ1n) is 7.37. The molecule has 1 aromatic carbocycles. The molecule has 1 N–H and O–H groups in total. The summed E-state index contributed by atoms with van der Waals surface area (Å²) in [5, 5.41) is 2.87. The van der Waals surface area contributed by atoms with Crippen LogP contribution >= 0.6 is 0 Å². The van der Waals surface area contributed by atoms with Gasteiger partial charge in [0.15, 0.2) is 0 Å². The molecule has 1 amide bonds. The average molecular weight is 278 g/mol. The molecule has 0 radical (unpaired) electrons. The normalized spacial score (nSPS) is 17.1. The van der Waals surface area contributed by atoms with Crippen LogP contribution in [-0.4, -0.2) is 37.0 Å². The van der Waals surface area contributed by atoms with Crippen molar-refractivity contribution >= 4 is 5.91 Å². The summed E-state index contributed by atoms with van der Waals surface area (Å²) in [5.74, 6) is -0.243. The summed E-state index contributed by atoms with van der Waals surface area (Å²) in [7, 11) is 0. The van der Waals surface area contributed by atoms with E-state index < -0.39 is 5.82 Å². The predicted octanol–water partition coefficient (Wildman–Crippen LogP) is 2.60. The summed E-state index contributed by atoms with van der Waals surface area (Å²) < 4.78 is 13.6. The Kier molecular flexibility index (Phi) is 5.12. The third-order valence-electron chi connectivity index (χ3n) is 4.07. The van der Waals surface area contributed by atoms with E-state index in [-0.39, 0.29) is 11.5 Å². The number of hydrogen-bond donors (Lipinski definition) is 1. The summed E-state index contributed by atoms with van der Waals surface area (Å²) in [5.41, 5.74) is 1.05. The van der Waals surface area contributed by atoms with E-state index in [1.165, 1.54) is 6.07 Å². The number of amides is 1. The highest BCUT2D eigenvalue weighted by molar-refractivity contribution is 5.94. The monoisotopic (exact) mass is 278 g/mol.